The van der Waals surface area contributed by atoms with Gasteiger partial charge >= 0.3 is 0 Å². The Morgan fingerprint density at radius 2 is 1.89 bits per heavy atom. The van der Waals surface area contributed by atoms with Crippen LogP contribution in [0.4, 0.5) is 5.69 Å². The van der Waals surface area contributed by atoms with Crippen molar-refractivity contribution >= 4 is 40.2 Å². The Morgan fingerprint density at radius 1 is 1.19 bits per heavy atom. The summed E-state index contributed by atoms with van der Waals surface area (Å²) >= 11 is 7.02. The molecule has 0 aliphatic carbocycles. The van der Waals surface area contributed by atoms with E-state index in [4.69, 9.17) is 12.2 Å². The summed E-state index contributed by atoms with van der Waals surface area (Å²) in [5.74, 6) is 0. The van der Waals surface area contributed by atoms with E-state index in [2.05, 4.69) is 0 Å². The van der Waals surface area contributed by atoms with Crippen LogP contribution in [0.25, 0.3) is 0 Å². The van der Waals surface area contributed by atoms with Gasteiger partial charge in [0.25, 0.3) is 11.9 Å². The van der Waals surface area contributed by atoms with Crippen molar-refractivity contribution in [2.75, 3.05) is 0 Å². The molecule has 1 aliphatic rings. The fraction of sp³-hybridized carbons (Fsp3) is 0.263. The van der Waals surface area contributed by atoms with Crippen LogP contribution in [-0.2, 0) is 6.54 Å². The lowest BCUT2D eigenvalue weighted by Gasteiger charge is -2.29. The van der Waals surface area contributed by atoms with E-state index < -0.39 is 15.8 Å². The summed E-state index contributed by atoms with van der Waals surface area (Å²) in [5, 5.41) is 24.0. The molecule has 1 aliphatic heterocycles. The average molecular weight is 402 g/mol. The standard InChI is InChI=1S/C19H19N3O3S2/c1-19(2)17(20(18(26)27-19)12-14-7-4-3-5-8-14)21(23)13-15-9-6-10-16(11-15)22(24)25/h3-11,13,17H,12H2,1-2H3/b21-13-. The summed E-state index contributed by atoms with van der Waals surface area (Å²) < 4.78 is 1.10. The first-order valence-electron chi connectivity index (χ1n) is 8.36. The molecule has 8 heteroatoms. The third-order valence-electron chi connectivity index (χ3n) is 4.30. The van der Waals surface area contributed by atoms with Crippen LogP contribution >= 0.6 is 24.0 Å². The lowest BCUT2D eigenvalue weighted by Crippen LogP contribution is -2.47. The zero-order chi connectivity index (χ0) is 19.6. The van der Waals surface area contributed by atoms with Crippen molar-refractivity contribution in [3.8, 4) is 0 Å². The van der Waals surface area contributed by atoms with Gasteiger partial charge in [-0.2, -0.15) is 4.74 Å². The SMILES string of the molecule is CC1(C)SC(=S)N(Cc2ccccc2)C1/[N+]([O-])=C/c1cccc([N+](=O)[O-])c1. The summed E-state index contributed by atoms with van der Waals surface area (Å²) in [6, 6.07) is 15.9. The monoisotopic (exact) mass is 401 g/mol. The summed E-state index contributed by atoms with van der Waals surface area (Å²) in [5.41, 5.74) is 1.50. The molecule has 2 aromatic carbocycles. The topological polar surface area (TPSA) is 72.5 Å². The highest BCUT2D eigenvalue weighted by atomic mass is 32.2. The quantitative estimate of drug-likeness (QED) is 0.187. The molecule has 0 spiro atoms. The summed E-state index contributed by atoms with van der Waals surface area (Å²) in [4.78, 5) is 12.4. The van der Waals surface area contributed by atoms with Crippen molar-refractivity contribution in [1.82, 2.24) is 4.90 Å². The molecule has 6 nitrogen and oxygen atoms in total. The van der Waals surface area contributed by atoms with E-state index in [1.165, 1.54) is 30.1 Å². The zero-order valence-electron chi connectivity index (χ0n) is 14.9. The van der Waals surface area contributed by atoms with E-state index >= 15 is 0 Å². The first kappa shape index (κ1) is 19.3. The van der Waals surface area contributed by atoms with Crippen molar-refractivity contribution in [3.63, 3.8) is 0 Å². The Kier molecular flexibility index (Phi) is 5.48. The number of thioether (sulfide) groups is 1. The van der Waals surface area contributed by atoms with Crippen molar-refractivity contribution in [2.45, 2.75) is 31.3 Å². The predicted molar refractivity (Wildman–Crippen MR) is 112 cm³/mol. The minimum atomic E-state index is -0.519. The molecule has 3 rings (SSSR count). The molecule has 0 bridgehead atoms. The largest absolute Gasteiger partial charge is 0.622 e. The van der Waals surface area contributed by atoms with Crippen LogP contribution in [0.2, 0.25) is 0 Å². The summed E-state index contributed by atoms with van der Waals surface area (Å²) in [6.45, 7) is 4.49. The van der Waals surface area contributed by atoms with Crippen LogP contribution in [-0.4, -0.2) is 36.0 Å². The molecule has 0 aromatic heterocycles. The lowest BCUT2D eigenvalue weighted by atomic mass is 10.1. The zero-order valence-corrected chi connectivity index (χ0v) is 16.6. The van der Waals surface area contributed by atoms with Crippen LogP contribution in [0, 0.1) is 15.3 Å². The maximum absolute atomic E-state index is 13.0. The molecule has 0 amide bonds. The van der Waals surface area contributed by atoms with E-state index in [1.807, 2.05) is 49.1 Å². The normalized spacial score (nSPS) is 19.3. The Bertz CT molecular complexity index is 900. The van der Waals surface area contributed by atoms with Crippen LogP contribution in [0.1, 0.15) is 25.0 Å². The number of nitrogens with zero attached hydrogens (tertiary/aromatic N) is 3. The van der Waals surface area contributed by atoms with Crippen molar-refractivity contribution < 1.29 is 9.66 Å². The second-order valence-electron chi connectivity index (χ2n) is 6.80. The molecule has 1 heterocycles. The molecular weight excluding hydrogens is 382 g/mol. The van der Waals surface area contributed by atoms with Gasteiger partial charge in [0.05, 0.1) is 11.5 Å². The number of hydrogen-bond donors (Lipinski definition) is 0. The summed E-state index contributed by atoms with van der Waals surface area (Å²) in [7, 11) is 0. The Labute approximate surface area is 167 Å². The molecule has 1 saturated heterocycles. The fourth-order valence-corrected chi connectivity index (χ4v) is 5.00. The average Bonchev–Trinajstić information content (AvgIpc) is 2.84. The van der Waals surface area contributed by atoms with E-state index in [0.29, 0.717) is 16.4 Å². The molecule has 2 aromatic rings. The number of nitro benzene ring substituents is 1. The van der Waals surface area contributed by atoms with Gasteiger partial charge in [-0.3, -0.25) is 15.0 Å². The minimum absolute atomic E-state index is 0.0473. The van der Waals surface area contributed by atoms with Crippen LogP contribution < -0.4 is 0 Å². The molecule has 27 heavy (non-hydrogen) atoms. The number of thiocarbonyl (C=S) groups is 1. The number of non-ortho nitro benzene ring substituents is 1. The second kappa shape index (κ2) is 7.66. The van der Waals surface area contributed by atoms with Gasteiger partial charge in [0.1, 0.15) is 9.07 Å². The number of benzene rings is 2. The first-order chi connectivity index (χ1) is 12.8. The Balaban J connectivity index is 1.93. The third-order valence-corrected chi connectivity index (χ3v) is 5.93. The highest BCUT2D eigenvalue weighted by molar-refractivity contribution is 8.24. The van der Waals surface area contributed by atoms with Crippen LogP contribution in [0.5, 0.6) is 0 Å². The molecule has 0 saturated carbocycles. The van der Waals surface area contributed by atoms with E-state index in [1.54, 1.807) is 12.1 Å². The van der Waals surface area contributed by atoms with Crippen LogP contribution in [0.3, 0.4) is 0 Å². The Morgan fingerprint density at radius 3 is 2.56 bits per heavy atom. The maximum atomic E-state index is 13.0. The summed E-state index contributed by atoms with van der Waals surface area (Å²) in [6.07, 6.45) is 0.876. The van der Waals surface area contributed by atoms with Gasteiger partial charge in [-0.25, -0.2) is 0 Å². The van der Waals surface area contributed by atoms with Gasteiger partial charge in [-0.15, -0.1) is 0 Å². The molecular formula is C19H19N3O3S2. The second-order valence-corrected chi connectivity index (χ2v) is 9.09. The number of hydroxylamine groups is 1. The molecule has 1 atom stereocenters. The smallest absolute Gasteiger partial charge is 0.270 e. The number of rotatable bonds is 5. The first-order valence-corrected chi connectivity index (χ1v) is 9.59. The molecule has 140 valence electrons. The number of nitro groups is 1. The van der Waals surface area contributed by atoms with E-state index in [9.17, 15) is 15.3 Å². The van der Waals surface area contributed by atoms with Crippen molar-refractivity contribution in [3.05, 3.63) is 81.0 Å². The van der Waals surface area contributed by atoms with Crippen molar-refractivity contribution in [2.24, 2.45) is 0 Å². The van der Waals surface area contributed by atoms with Gasteiger partial charge in [-0.05, 0) is 25.5 Å². The van der Waals surface area contributed by atoms with Crippen molar-refractivity contribution in [1.29, 1.82) is 0 Å². The molecule has 0 radical (unpaired) electrons. The predicted octanol–water partition coefficient (Wildman–Crippen LogP) is 4.16. The highest BCUT2D eigenvalue weighted by Crippen LogP contribution is 2.42. The molecule has 1 unspecified atom stereocenters. The van der Waals surface area contributed by atoms with Gasteiger partial charge in [0.2, 0.25) is 0 Å². The van der Waals surface area contributed by atoms with Gasteiger partial charge in [-0.1, -0.05) is 60.4 Å². The molecule has 1 fully saturated rings. The minimum Gasteiger partial charge on any atom is -0.622 e. The van der Waals surface area contributed by atoms with Gasteiger partial charge < -0.3 is 5.21 Å². The van der Waals surface area contributed by atoms with Crippen LogP contribution in [0.15, 0.2) is 54.6 Å². The van der Waals surface area contributed by atoms with Gasteiger partial charge in [0, 0.05) is 17.7 Å². The van der Waals surface area contributed by atoms with E-state index in [0.717, 1.165) is 10.3 Å². The lowest BCUT2D eigenvalue weighted by molar-refractivity contribution is -0.524. The maximum Gasteiger partial charge on any atom is 0.270 e. The Hall–Kier alpha value is -2.45. The number of hydrogen-bond acceptors (Lipinski definition) is 5. The third kappa shape index (κ3) is 4.28. The molecule has 0 N–H and O–H groups in total. The van der Waals surface area contributed by atoms with Gasteiger partial charge in [0.15, 0.2) is 6.21 Å². The fourth-order valence-electron chi connectivity index (χ4n) is 3.12. The van der Waals surface area contributed by atoms with E-state index in [-0.39, 0.29) is 5.69 Å². The highest BCUT2D eigenvalue weighted by Gasteiger charge is 2.50.